The zero-order chi connectivity index (χ0) is 21.3. The van der Waals surface area contributed by atoms with E-state index in [0.29, 0.717) is 40.2 Å². The number of fused-ring (bicyclic) bond motifs is 2. The SMILES string of the molecule is CC.Cn1cc2cc(NC(=O)c3cnn4cc(Cl)cnc34)c(OCC3CC3)cc2n1. The van der Waals surface area contributed by atoms with Gasteiger partial charge in [-0.05, 0) is 24.8 Å². The van der Waals surface area contributed by atoms with Crippen LogP contribution in [0.5, 0.6) is 5.75 Å². The van der Waals surface area contributed by atoms with Crippen LogP contribution in [0, 0.1) is 5.92 Å². The average Bonchev–Trinajstić information content (AvgIpc) is 3.36. The molecule has 1 aliphatic carbocycles. The van der Waals surface area contributed by atoms with Gasteiger partial charge in [0.1, 0.15) is 11.3 Å². The molecule has 156 valence electrons. The quantitative estimate of drug-likeness (QED) is 0.513. The highest BCUT2D eigenvalue weighted by molar-refractivity contribution is 6.30. The second-order valence-electron chi connectivity index (χ2n) is 7.02. The summed E-state index contributed by atoms with van der Waals surface area (Å²) in [6.45, 7) is 4.64. The Morgan fingerprint density at radius 3 is 2.83 bits per heavy atom. The fourth-order valence-corrected chi connectivity index (χ4v) is 3.23. The summed E-state index contributed by atoms with van der Waals surface area (Å²) >= 11 is 5.93. The standard InChI is InChI=1S/C19H17ClN6O2.C2H6/c1-25-8-12-4-16(17(5-15(12)24-25)28-10-11-2-3-11)23-19(27)14-7-22-26-9-13(20)6-21-18(14)26;1-2/h4-9,11H,2-3,10H2,1H3,(H,23,27);1-2H3. The molecule has 1 N–H and O–H groups in total. The molecule has 0 atom stereocenters. The lowest BCUT2D eigenvalue weighted by atomic mass is 10.2. The molecule has 0 aliphatic heterocycles. The van der Waals surface area contributed by atoms with Crippen molar-refractivity contribution < 1.29 is 9.53 Å². The van der Waals surface area contributed by atoms with Crippen molar-refractivity contribution in [2.45, 2.75) is 26.7 Å². The van der Waals surface area contributed by atoms with E-state index in [4.69, 9.17) is 16.3 Å². The highest BCUT2D eigenvalue weighted by atomic mass is 35.5. The topological polar surface area (TPSA) is 86.3 Å². The third-order valence-electron chi connectivity index (χ3n) is 4.71. The number of rotatable bonds is 5. The molecule has 0 saturated heterocycles. The molecule has 4 aromatic rings. The van der Waals surface area contributed by atoms with Gasteiger partial charge in [-0.3, -0.25) is 9.48 Å². The molecule has 0 bridgehead atoms. The van der Waals surface area contributed by atoms with Crippen LogP contribution in [-0.4, -0.2) is 36.9 Å². The van der Waals surface area contributed by atoms with Gasteiger partial charge in [0.2, 0.25) is 0 Å². The highest BCUT2D eigenvalue weighted by Crippen LogP contribution is 2.34. The number of ether oxygens (including phenoxy) is 1. The number of carbonyl (C=O) groups excluding carboxylic acids is 1. The molecule has 1 aliphatic rings. The summed E-state index contributed by atoms with van der Waals surface area (Å²) in [6, 6.07) is 3.74. The van der Waals surface area contributed by atoms with Crippen LogP contribution in [0.2, 0.25) is 5.02 Å². The minimum Gasteiger partial charge on any atom is -0.491 e. The maximum Gasteiger partial charge on any atom is 0.261 e. The molecular formula is C21H23ClN6O2. The first kappa shape index (κ1) is 20.2. The number of nitrogens with zero attached hydrogens (tertiary/aromatic N) is 5. The molecule has 1 amide bonds. The average molecular weight is 427 g/mol. The Morgan fingerprint density at radius 2 is 2.07 bits per heavy atom. The summed E-state index contributed by atoms with van der Waals surface area (Å²) in [5.41, 5.74) is 2.21. The number of carbonyl (C=O) groups is 1. The lowest BCUT2D eigenvalue weighted by Crippen LogP contribution is -2.13. The van der Waals surface area contributed by atoms with Gasteiger partial charge in [0, 0.05) is 30.9 Å². The van der Waals surface area contributed by atoms with Gasteiger partial charge in [-0.15, -0.1) is 0 Å². The van der Waals surface area contributed by atoms with Crippen LogP contribution < -0.4 is 10.1 Å². The number of aryl methyl sites for hydroxylation is 1. The third kappa shape index (κ3) is 4.09. The van der Waals surface area contributed by atoms with Gasteiger partial charge >= 0.3 is 0 Å². The Kier molecular flexibility index (Phi) is 5.59. The number of hydrogen-bond donors (Lipinski definition) is 1. The molecule has 0 unspecified atom stereocenters. The van der Waals surface area contributed by atoms with Crippen molar-refractivity contribution in [1.29, 1.82) is 0 Å². The molecule has 30 heavy (non-hydrogen) atoms. The molecule has 0 radical (unpaired) electrons. The number of halogens is 1. The smallest absolute Gasteiger partial charge is 0.261 e. The van der Waals surface area contributed by atoms with Crippen molar-refractivity contribution in [3.05, 3.63) is 47.5 Å². The minimum absolute atomic E-state index is 0.315. The molecule has 9 heteroatoms. The molecule has 1 saturated carbocycles. The Morgan fingerprint density at radius 1 is 1.27 bits per heavy atom. The fourth-order valence-electron chi connectivity index (χ4n) is 3.09. The third-order valence-corrected chi connectivity index (χ3v) is 4.90. The fraction of sp³-hybridized carbons (Fsp3) is 0.333. The van der Waals surface area contributed by atoms with E-state index in [1.165, 1.54) is 29.8 Å². The van der Waals surface area contributed by atoms with Crippen LogP contribution in [0.3, 0.4) is 0 Å². The first-order valence-electron chi connectivity index (χ1n) is 9.97. The number of benzene rings is 1. The van der Waals surface area contributed by atoms with Gasteiger partial charge in [-0.2, -0.15) is 10.2 Å². The lowest BCUT2D eigenvalue weighted by Gasteiger charge is -2.12. The molecule has 1 fully saturated rings. The van der Waals surface area contributed by atoms with Crippen molar-refractivity contribution in [1.82, 2.24) is 24.4 Å². The van der Waals surface area contributed by atoms with Crippen molar-refractivity contribution >= 4 is 39.7 Å². The molecule has 5 rings (SSSR count). The molecule has 3 heterocycles. The van der Waals surface area contributed by atoms with Gasteiger partial charge < -0.3 is 10.1 Å². The summed E-state index contributed by atoms with van der Waals surface area (Å²) in [5, 5.41) is 12.9. The zero-order valence-electron chi connectivity index (χ0n) is 17.1. The second kappa shape index (κ2) is 8.31. The number of aromatic nitrogens is 5. The second-order valence-corrected chi connectivity index (χ2v) is 7.45. The van der Waals surface area contributed by atoms with Gasteiger partial charge in [-0.25, -0.2) is 9.50 Å². The molecule has 8 nitrogen and oxygen atoms in total. The van der Waals surface area contributed by atoms with E-state index in [1.807, 2.05) is 39.2 Å². The maximum absolute atomic E-state index is 12.9. The number of nitrogens with one attached hydrogen (secondary N) is 1. The van der Waals surface area contributed by atoms with Crippen molar-refractivity contribution in [3.63, 3.8) is 0 Å². The summed E-state index contributed by atoms with van der Waals surface area (Å²) in [7, 11) is 1.86. The molecule has 1 aromatic carbocycles. The highest BCUT2D eigenvalue weighted by Gasteiger charge is 2.23. The molecular weight excluding hydrogens is 404 g/mol. The van der Waals surface area contributed by atoms with E-state index in [9.17, 15) is 4.79 Å². The lowest BCUT2D eigenvalue weighted by molar-refractivity contribution is 0.102. The maximum atomic E-state index is 12.9. The predicted molar refractivity (Wildman–Crippen MR) is 116 cm³/mol. The van der Waals surface area contributed by atoms with Crippen molar-refractivity contribution in [2.75, 3.05) is 11.9 Å². The van der Waals surface area contributed by atoms with Crippen LogP contribution in [0.25, 0.3) is 16.6 Å². The van der Waals surface area contributed by atoms with E-state index >= 15 is 0 Å². The van der Waals surface area contributed by atoms with E-state index in [0.717, 1.165) is 10.9 Å². The predicted octanol–water partition coefficient (Wildman–Crippen LogP) is 4.34. The number of amides is 1. The van der Waals surface area contributed by atoms with E-state index in [1.54, 1.807) is 10.9 Å². The monoisotopic (exact) mass is 426 g/mol. The first-order valence-corrected chi connectivity index (χ1v) is 10.3. The van der Waals surface area contributed by atoms with Crippen LogP contribution in [0.4, 0.5) is 5.69 Å². The van der Waals surface area contributed by atoms with Crippen LogP contribution in [0.1, 0.15) is 37.0 Å². The number of hydrogen-bond acceptors (Lipinski definition) is 5. The van der Waals surface area contributed by atoms with Crippen LogP contribution in [0.15, 0.2) is 36.9 Å². The van der Waals surface area contributed by atoms with Crippen molar-refractivity contribution in [3.8, 4) is 5.75 Å². The number of anilines is 1. The Hall–Kier alpha value is -3.13. The molecule has 0 spiro atoms. The van der Waals surface area contributed by atoms with Gasteiger partial charge in [0.05, 0.1) is 35.2 Å². The Bertz CT molecular complexity index is 1210. The molecule has 3 aromatic heterocycles. The van der Waals surface area contributed by atoms with Gasteiger partial charge in [0.15, 0.2) is 5.65 Å². The normalized spacial score (nSPS) is 13.2. The summed E-state index contributed by atoms with van der Waals surface area (Å²) < 4.78 is 9.20. The van der Waals surface area contributed by atoms with E-state index in [-0.39, 0.29) is 5.91 Å². The Balaban J connectivity index is 0.00000106. The summed E-state index contributed by atoms with van der Waals surface area (Å²) in [6.07, 6.45) is 8.83. The van der Waals surface area contributed by atoms with E-state index in [2.05, 4.69) is 20.5 Å². The van der Waals surface area contributed by atoms with Gasteiger partial charge in [0.25, 0.3) is 5.91 Å². The van der Waals surface area contributed by atoms with Gasteiger partial charge in [-0.1, -0.05) is 25.4 Å². The summed E-state index contributed by atoms with van der Waals surface area (Å²) in [4.78, 5) is 17.1. The zero-order valence-corrected chi connectivity index (χ0v) is 17.8. The Labute approximate surface area is 178 Å². The van der Waals surface area contributed by atoms with Crippen molar-refractivity contribution in [2.24, 2.45) is 13.0 Å². The van der Waals surface area contributed by atoms with Crippen LogP contribution in [-0.2, 0) is 7.05 Å². The first-order chi connectivity index (χ1) is 14.6. The van der Waals surface area contributed by atoms with E-state index < -0.39 is 0 Å². The largest absolute Gasteiger partial charge is 0.491 e. The van der Waals surface area contributed by atoms with Crippen LogP contribution >= 0.6 is 11.6 Å². The minimum atomic E-state index is -0.315. The summed E-state index contributed by atoms with van der Waals surface area (Å²) in [5.74, 6) is 0.889.